The van der Waals surface area contributed by atoms with Crippen molar-refractivity contribution in [3.63, 3.8) is 0 Å². The fourth-order valence-electron chi connectivity index (χ4n) is 9.39. The fourth-order valence-corrected chi connectivity index (χ4v) is 11.5. The van der Waals surface area contributed by atoms with Gasteiger partial charge in [-0.2, -0.15) is 11.8 Å². The Kier molecular flexibility index (Phi) is 8.68. The van der Waals surface area contributed by atoms with Crippen molar-refractivity contribution in [1.82, 2.24) is 19.8 Å². The van der Waals surface area contributed by atoms with Gasteiger partial charge in [-0.25, -0.2) is 4.98 Å². The first-order valence-electron chi connectivity index (χ1n) is 16.9. The molecule has 43 heavy (non-hydrogen) atoms. The highest BCUT2D eigenvalue weighted by Gasteiger charge is 2.52. The highest BCUT2D eigenvalue weighted by atomic mass is 35.5. The summed E-state index contributed by atoms with van der Waals surface area (Å²) in [5.41, 5.74) is 2.39. The number of hydrogen-bond acceptors (Lipinski definition) is 7. The number of halogens is 1. The number of aryl methyl sites for hydroxylation is 2. The van der Waals surface area contributed by atoms with Crippen molar-refractivity contribution in [2.75, 3.05) is 25.4 Å². The zero-order valence-corrected chi connectivity index (χ0v) is 27.4. The van der Waals surface area contributed by atoms with E-state index >= 15 is 0 Å². The van der Waals surface area contributed by atoms with Crippen LogP contribution in [0.4, 0.5) is 0 Å². The van der Waals surface area contributed by atoms with Crippen LogP contribution in [0.3, 0.4) is 0 Å². The van der Waals surface area contributed by atoms with Gasteiger partial charge in [0.2, 0.25) is 0 Å². The molecule has 3 aliphatic carbocycles. The van der Waals surface area contributed by atoms with E-state index in [0.717, 1.165) is 68.1 Å². The second kappa shape index (κ2) is 12.2. The molecule has 0 bridgehead atoms. The van der Waals surface area contributed by atoms with Gasteiger partial charge in [-0.3, -0.25) is 14.2 Å². The Hall–Kier alpha value is -1.13. The molecule has 8 nitrogen and oxygen atoms in total. The molecular weight excluding hydrogens is 584 g/mol. The predicted molar refractivity (Wildman–Crippen MR) is 170 cm³/mol. The first-order chi connectivity index (χ1) is 20.7. The first kappa shape index (κ1) is 30.5. The molecule has 1 spiro atoms. The molecule has 1 aromatic rings. The number of piperidine rings is 2. The number of carboxylic acids is 1. The van der Waals surface area contributed by atoms with Gasteiger partial charge in [0, 0.05) is 40.1 Å². The summed E-state index contributed by atoms with van der Waals surface area (Å²) >= 11 is 8.58. The van der Waals surface area contributed by atoms with Crippen LogP contribution < -0.4 is 10.9 Å². The van der Waals surface area contributed by atoms with Gasteiger partial charge in [0.15, 0.2) is 0 Å². The maximum Gasteiger partial charge on any atom is 0.308 e. The number of ether oxygens (including phenoxy) is 1. The Morgan fingerprint density at radius 3 is 2.70 bits per heavy atom. The van der Waals surface area contributed by atoms with Crippen LogP contribution in [0.25, 0.3) is 0 Å². The summed E-state index contributed by atoms with van der Waals surface area (Å²) in [4.78, 5) is 33.5. The molecule has 6 aliphatic rings. The second-order valence-electron chi connectivity index (χ2n) is 14.7. The lowest BCUT2D eigenvalue weighted by atomic mass is 9.67. The van der Waals surface area contributed by atoms with E-state index in [1.54, 1.807) is 0 Å². The van der Waals surface area contributed by atoms with Gasteiger partial charge >= 0.3 is 5.97 Å². The molecular formula is C33H49ClN4O4S. The molecule has 1 aromatic heterocycles. The molecule has 3 saturated heterocycles. The van der Waals surface area contributed by atoms with E-state index in [-0.39, 0.29) is 45.7 Å². The van der Waals surface area contributed by atoms with Crippen molar-refractivity contribution in [3.05, 3.63) is 27.4 Å². The molecule has 5 fully saturated rings. The summed E-state index contributed by atoms with van der Waals surface area (Å²) in [5, 5.41) is 13.9. The lowest BCUT2D eigenvalue weighted by Crippen LogP contribution is -2.57. The van der Waals surface area contributed by atoms with E-state index in [1.807, 2.05) is 23.3 Å². The molecule has 238 valence electrons. The highest BCUT2D eigenvalue weighted by molar-refractivity contribution is 8.00. The van der Waals surface area contributed by atoms with E-state index in [4.69, 9.17) is 21.3 Å². The molecule has 10 heteroatoms. The van der Waals surface area contributed by atoms with Gasteiger partial charge in [0.1, 0.15) is 5.82 Å². The highest BCUT2D eigenvalue weighted by Crippen LogP contribution is 2.49. The van der Waals surface area contributed by atoms with Gasteiger partial charge < -0.3 is 20.1 Å². The van der Waals surface area contributed by atoms with Crippen LogP contribution in [0, 0.1) is 30.1 Å². The van der Waals surface area contributed by atoms with Crippen LogP contribution in [-0.2, 0) is 28.9 Å². The van der Waals surface area contributed by atoms with E-state index in [9.17, 15) is 14.7 Å². The lowest BCUT2D eigenvalue weighted by Gasteiger charge is -2.47. The minimum absolute atomic E-state index is 0.000337. The number of nitrogens with one attached hydrogen (secondary N) is 1. The topological polar surface area (TPSA) is 96.7 Å². The van der Waals surface area contributed by atoms with Gasteiger partial charge in [-0.05, 0) is 115 Å². The fraction of sp³-hybridized carbons (Fsp3) is 0.848. The van der Waals surface area contributed by atoms with Crippen molar-refractivity contribution in [3.8, 4) is 0 Å². The maximum atomic E-state index is 13.9. The average molecular weight is 633 g/mol. The lowest BCUT2D eigenvalue weighted by molar-refractivity contribution is -0.142. The number of alkyl halides is 1. The number of nitrogens with zero attached hydrogens (tertiary/aromatic N) is 3. The third-order valence-electron chi connectivity index (χ3n) is 12.0. The SMILES string of the molecule is Cc1nc2c(c(=O)n1CCOC1CCC(Cl)CC1C1CC(C)NC3C(C(=O)O)CSC13)CC1(CC2)CCN(C2CC2)CC1. The summed E-state index contributed by atoms with van der Waals surface area (Å²) in [6, 6.07) is 1.10. The average Bonchev–Trinajstić information content (AvgIpc) is 3.74. The number of fused-ring (bicyclic) bond motifs is 2. The number of aromatic nitrogens is 2. The Balaban J connectivity index is 1.03. The summed E-state index contributed by atoms with van der Waals surface area (Å²) < 4.78 is 8.53. The Labute approximate surface area is 265 Å². The summed E-state index contributed by atoms with van der Waals surface area (Å²) in [5.74, 6) is 1.10. The minimum Gasteiger partial charge on any atom is -0.481 e. The van der Waals surface area contributed by atoms with Crippen LogP contribution in [0.1, 0.15) is 81.8 Å². The summed E-state index contributed by atoms with van der Waals surface area (Å²) in [7, 11) is 0. The van der Waals surface area contributed by atoms with Crippen LogP contribution >= 0.6 is 23.4 Å². The standard InChI is InChI=1S/C33H49ClN4O4S/c1-19-15-24(30-29(35-19)26(18-43-30)32(40)41)23-16-21(34)3-6-28(23)42-14-13-38-20(2)36-27-7-8-33(17-25(27)31(38)39)9-11-37(12-10-33)22-4-5-22/h19,21-24,26,28-30,35H,3-18H2,1-2H3,(H,40,41). The van der Waals surface area contributed by atoms with Crippen LogP contribution in [0.15, 0.2) is 4.79 Å². The number of likely N-dealkylation sites (tertiary alicyclic amines) is 1. The van der Waals surface area contributed by atoms with Gasteiger partial charge in [0.05, 0.1) is 30.9 Å². The number of carboxylic acid groups (broad SMARTS) is 1. The van der Waals surface area contributed by atoms with Crippen molar-refractivity contribution in [1.29, 1.82) is 0 Å². The quantitative estimate of drug-likeness (QED) is 0.431. The zero-order chi connectivity index (χ0) is 29.9. The molecule has 2 saturated carbocycles. The Morgan fingerprint density at radius 2 is 1.95 bits per heavy atom. The van der Waals surface area contributed by atoms with Crippen molar-refractivity contribution >= 4 is 29.3 Å². The van der Waals surface area contributed by atoms with Gasteiger partial charge in [-0.15, -0.1) is 11.6 Å². The van der Waals surface area contributed by atoms with E-state index in [2.05, 4.69) is 17.1 Å². The third-order valence-corrected chi connectivity index (χ3v) is 13.9. The van der Waals surface area contributed by atoms with Crippen molar-refractivity contribution in [2.45, 2.75) is 126 Å². The van der Waals surface area contributed by atoms with Gasteiger partial charge in [0.25, 0.3) is 5.56 Å². The molecule has 4 heterocycles. The summed E-state index contributed by atoms with van der Waals surface area (Å²) in [6.45, 7) is 7.51. The predicted octanol–water partition coefficient (Wildman–Crippen LogP) is 4.26. The van der Waals surface area contributed by atoms with E-state index in [1.165, 1.54) is 38.8 Å². The molecule has 8 atom stereocenters. The molecule has 0 amide bonds. The van der Waals surface area contributed by atoms with Crippen molar-refractivity contribution < 1.29 is 14.6 Å². The largest absolute Gasteiger partial charge is 0.481 e. The Bertz CT molecular complexity index is 1260. The van der Waals surface area contributed by atoms with Crippen LogP contribution in [0.5, 0.6) is 0 Å². The van der Waals surface area contributed by atoms with Crippen molar-refractivity contribution in [2.24, 2.45) is 23.2 Å². The number of thioether (sulfide) groups is 1. The third kappa shape index (κ3) is 6.07. The molecule has 7 rings (SSSR count). The smallest absolute Gasteiger partial charge is 0.308 e. The molecule has 0 aromatic carbocycles. The molecule has 2 N–H and O–H groups in total. The van der Waals surface area contributed by atoms with Crippen LogP contribution in [0.2, 0.25) is 0 Å². The molecule has 8 unspecified atom stereocenters. The monoisotopic (exact) mass is 632 g/mol. The van der Waals surface area contributed by atoms with Crippen LogP contribution in [-0.4, -0.2) is 85.8 Å². The zero-order valence-electron chi connectivity index (χ0n) is 25.8. The number of rotatable bonds is 7. The number of carbonyl (C=O) groups is 1. The summed E-state index contributed by atoms with van der Waals surface area (Å²) in [6.07, 6.45) is 11.9. The Morgan fingerprint density at radius 1 is 1.16 bits per heavy atom. The number of aliphatic carboxylic acids is 1. The van der Waals surface area contributed by atoms with E-state index < -0.39 is 5.97 Å². The second-order valence-corrected chi connectivity index (χ2v) is 16.5. The van der Waals surface area contributed by atoms with E-state index in [0.29, 0.717) is 30.7 Å². The normalized spacial score (nSPS) is 37.7. The molecule has 0 radical (unpaired) electrons. The molecule has 3 aliphatic heterocycles. The number of hydrogen-bond donors (Lipinski definition) is 2. The van der Waals surface area contributed by atoms with Gasteiger partial charge in [-0.1, -0.05) is 0 Å². The minimum atomic E-state index is -0.693. The maximum absolute atomic E-state index is 13.9. The first-order valence-corrected chi connectivity index (χ1v) is 18.4.